The minimum atomic E-state index is -1.52. The average molecular weight is 296 g/mol. The van der Waals surface area contributed by atoms with Gasteiger partial charge in [-0.25, -0.2) is 0 Å². The van der Waals surface area contributed by atoms with Crippen LogP contribution in [0.2, 0.25) is 24.7 Å². The third-order valence-electron chi connectivity index (χ3n) is 5.50. The van der Waals surface area contributed by atoms with Gasteiger partial charge in [0.2, 0.25) is 0 Å². The highest BCUT2D eigenvalue weighted by atomic mass is 28.3. The Kier molecular flexibility index (Phi) is 3.34. The fraction of sp³-hybridized carbons (Fsp3) is 0.368. The minimum Gasteiger partial charge on any atom is -0.396 e. The molecular weight excluding hydrogens is 272 g/mol. The largest absolute Gasteiger partial charge is 0.396 e. The van der Waals surface area contributed by atoms with Crippen molar-refractivity contribution in [1.82, 2.24) is 0 Å². The molecule has 0 aromatic heterocycles. The molecule has 0 aliphatic heterocycles. The van der Waals surface area contributed by atoms with Crippen LogP contribution in [-0.4, -0.2) is 19.8 Å². The van der Waals surface area contributed by atoms with Crippen molar-refractivity contribution in [2.75, 3.05) is 6.61 Å². The summed E-state index contributed by atoms with van der Waals surface area (Å²) in [6.45, 7) is 7.44. The molecule has 1 atom stereocenters. The van der Waals surface area contributed by atoms with Crippen molar-refractivity contribution in [3.63, 3.8) is 0 Å². The lowest BCUT2D eigenvalue weighted by Gasteiger charge is -2.35. The summed E-state index contributed by atoms with van der Waals surface area (Å²) in [6, 6.07) is 21.5. The second kappa shape index (κ2) is 4.82. The van der Waals surface area contributed by atoms with Gasteiger partial charge in [-0.05, 0) is 17.5 Å². The van der Waals surface area contributed by atoms with E-state index in [2.05, 4.69) is 80.3 Å². The molecule has 2 heteroatoms. The van der Waals surface area contributed by atoms with E-state index >= 15 is 0 Å². The van der Waals surface area contributed by atoms with Gasteiger partial charge in [0.05, 0.1) is 8.07 Å². The van der Waals surface area contributed by atoms with Crippen molar-refractivity contribution in [3.8, 4) is 0 Å². The van der Waals surface area contributed by atoms with Crippen LogP contribution in [0, 0.1) is 0 Å². The second-order valence-corrected chi connectivity index (χ2v) is 12.8. The normalized spacial score (nSPS) is 23.8. The molecule has 1 fully saturated rings. The van der Waals surface area contributed by atoms with Gasteiger partial charge in [0.15, 0.2) is 0 Å². The Balaban J connectivity index is 2.21. The molecule has 1 aliphatic rings. The molecule has 2 aromatic carbocycles. The maximum Gasteiger partial charge on any atom is 0.0551 e. The highest BCUT2D eigenvalue weighted by Gasteiger charge is 2.73. The first-order chi connectivity index (χ1) is 9.98. The number of aliphatic hydroxyl groups is 1. The van der Waals surface area contributed by atoms with Crippen molar-refractivity contribution >= 4 is 8.07 Å². The molecule has 1 nitrogen and oxygen atoms in total. The summed E-state index contributed by atoms with van der Waals surface area (Å²) in [5.74, 6) is 0. The topological polar surface area (TPSA) is 20.2 Å². The zero-order valence-corrected chi connectivity index (χ0v) is 14.1. The lowest BCUT2D eigenvalue weighted by Crippen LogP contribution is -2.38. The van der Waals surface area contributed by atoms with Crippen LogP contribution in [0.15, 0.2) is 60.7 Å². The van der Waals surface area contributed by atoms with E-state index < -0.39 is 8.07 Å². The Morgan fingerprint density at radius 2 is 1.29 bits per heavy atom. The maximum absolute atomic E-state index is 10.3. The van der Waals surface area contributed by atoms with Gasteiger partial charge in [0.25, 0.3) is 0 Å². The predicted molar refractivity (Wildman–Crippen MR) is 91.4 cm³/mol. The average Bonchev–Trinajstić information content (AvgIpc) is 3.21. The van der Waals surface area contributed by atoms with Crippen LogP contribution in [-0.2, 0) is 5.41 Å². The van der Waals surface area contributed by atoms with Gasteiger partial charge in [-0.1, -0.05) is 80.3 Å². The van der Waals surface area contributed by atoms with E-state index in [1.807, 2.05) is 0 Å². The fourth-order valence-electron chi connectivity index (χ4n) is 4.11. The molecule has 0 heterocycles. The van der Waals surface area contributed by atoms with Crippen LogP contribution < -0.4 is 0 Å². The smallest absolute Gasteiger partial charge is 0.0551 e. The Labute approximate surface area is 128 Å². The lowest BCUT2D eigenvalue weighted by molar-refractivity contribution is 0.270. The monoisotopic (exact) mass is 296 g/mol. The first-order valence-corrected chi connectivity index (χ1v) is 11.2. The first-order valence-electron chi connectivity index (χ1n) is 7.70. The van der Waals surface area contributed by atoms with Crippen LogP contribution in [0.25, 0.3) is 0 Å². The number of rotatable bonds is 4. The molecule has 21 heavy (non-hydrogen) atoms. The van der Waals surface area contributed by atoms with E-state index in [4.69, 9.17) is 0 Å². The van der Waals surface area contributed by atoms with Crippen LogP contribution in [0.4, 0.5) is 0 Å². The van der Waals surface area contributed by atoms with Gasteiger partial charge in [-0.3, -0.25) is 0 Å². The Bertz CT molecular complexity index is 576. The highest BCUT2D eigenvalue weighted by molar-refractivity contribution is 6.80. The summed E-state index contributed by atoms with van der Waals surface area (Å²) in [4.78, 5) is 0. The number of benzene rings is 2. The minimum absolute atomic E-state index is 0.00522. The Hall–Kier alpha value is -1.38. The van der Waals surface area contributed by atoms with Crippen molar-refractivity contribution in [1.29, 1.82) is 0 Å². The molecular formula is C19H24OSi. The second-order valence-electron chi connectivity index (χ2n) is 7.30. The SMILES string of the molecule is C[Si](C)(C)[C@]1(CO)CC1(c1ccccc1)c1ccccc1. The predicted octanol–water partition coefficient (Wildman–Crippen LogP) is 4.45. The molecule has 0 amide bonds. The van der Waals surface area contributed by atoms with E-state index in [1.165, 1.54) is 11.1 Å². The molecule has 2 aromatic rings. The summed E-state index contributed by atoms with van der Waals surface area (Å²) in [5.41, 5.74) is 2.70. The summed E-state index contributed by atoms with van der Waals surface area (Å²) < 4.78 is 0. The Morgan fingerprint density at radius 1 is 0.857 bits per heavy atom. The summed E-state index contributed by atoms with van der Waals surface area (Å²) in [6.07, 6.45) is 1.07. The molecule has 0 saturated heterocycles. The van der Waals surface area contributed by atoms with Gasteiger partial charge in [-0.2, -0.15) is 0 Å². The van der Waals surface area contributed by atoms with E-state index in [1.54, 1.807) is 0 Å². The summed E-state index contributed by atoms with van der Waals surface area (Å²) in [5, 5.41) is 10.3. The zero-order chi connectivity index (χ0) is 15.1. The molecule has 0 spiro atoms. The van der Waals surface area contributed by atoms with Gasteiger partial charge in [-0.15, -0.1) is 0 Å². The van der Waals surface area contributed by atoms with Crippen LogP contribution in [0.1, 0.15) is 17.5 Å². The third kappa shape index (κ3) is 1.93. The summed E-state index contributed by atoms with van der Waals surface area (Å²) >= 11 is 0. The fourth-order valence-corrected chi connectivity index (χ4v) is 6.95. The quantitative estimate of drug-likeness (QED) is 0.827. The zero-order valence-electron chi connectivity index (χ0n) is 13.1. The molecule has 110 valence electrons. The molecule has 1 N–H and O–H groups in total. The third-order valence-corrected chi connectivity index (χ3v) is 9.13. The van der Waals surface area contributed by atoms with Gasteiger partial charge in [0.1, 0.15) is 0 Å². The van der Waals surface area contributed by atoms with Crippen LogP contribution in [0.5, 0.6) is 0 Å². The van der Waals surface area contributed by atoms with E-state index in [0.29, 0.717) is 0 Å². The van der Waals surface area contributed by atoms with Gasteiger partial charge >= 0.3 is 0 Å². The van der Waals surface area contributed by atoms with Crippen LogP contribution >= 0.6 is 0 Å². The molecule has 0 unspecified atom stereocenters. The number of aliphatic hydroxyl groups excluding tert-OH is 1. The van der Waals surface area contributed by atoms with Crippen molar-refractivity contribution in [2.45, 2.75) is 36.5 Å². The Morgan fingerprint density at radius 3 is 1.57 bits per heavy atom. The van der Waals surface area contributed by atoms with Crippen molar-refractivity contribution in [3.05, 3.63) is 71.8 Å². The first kappa shape index (κ1) is 14.5. The lowest BCUT2D eigenvalue weighted by atomic mass is 9.85. The van der Waals surface area contributed by atoms with Crippen molar-refractivity contribution < 1.29 is 5.11 Å². The standard InChI is InChI=1S/C19H24OSi/c1-21(2,3)18(15-20)14-19(18,16-10-6-4-7-11-16)17-12-8-5-9-13-17/h4-13,20H,14-15H2,1-3H3/t18-/m0/s1. The molecule has 1 saturated carbocycles. The molecule has 1 aliphatic carbocycles. The molecule has 0 radical (unpaired) electrons. The van der Waals surface area contributed by atoms with Gasteiger partial charge < -0.3 is 5.11 Å². The highest BCUT2D eigenvalue weighted by Crippen LogP contribution is 2.77. The maximum atomic E-state index is 10.3. The number of hydrogen-bond acceptors (Lipinski definition) is 1. The van der Waals surface area contributed by atoms with E-state index in [0.717, 1.165) is 6.42 Å². The van der Waals surface area contributed by atoms with Crippen LogP contribution in [0.3, 0.4) is 0 Å². The molecule has 0 bridgehead atoms. The van der Waals surface area contributed by atoms with E-state index in [-0.39, 0.29) is 17.1 Å². The number of hydrogen-bond donors (Lipinski definition) is 1. The van der Waals surface area contributed by atoms with Crippen molar-refractivity contribution in [2.24, 2.45) is 0 Å². The van der Waals surface area contributed by atoms with Gasteiger partial charge in [0, 0.05) is 17.1 Å². The molecule has 3 rings (SSSR count). The van der Waals surface area contributed by atoms with E-state index in [9.17, 15) is 5.11 Å². The summed E-state index contributed by atoms with van der Waals surface area (Å²) in [7, 11) is -1.52.